The van der Waals surface area contributed by atoms with E-state index < -0.39 is 23.8 Å². The molecule has 2 aromatic carbocycles. The summed E-state index contributed by atoms with van der Waals surface area (Å²) in [6.07, 6.45) is -4.94. The molecule has 25 heavy (non-hydrogen) atoms. The monoisotopic (exact) mass is 415 g/mol. The van der Waals surface area contributed by atoms with Gasteiger partial charge in [0.2, 0.25) is 0 Å². The maximum absolute atomic E-state index is 12.7. The highest BCUT2D eigenvalue weighted by Gasteiger charge is 2.30. The van der Waals surface area contributed by atoms with Crippen LogP contribution in [0.2, 0.25) is 0 Å². The molecule has 0 aliphatic carbocycles. The number of carbonyl (C=O) groups excluding carboxylic acids is 2. The Hall–Kier alpha value is -2.35. The van der Waals surface area contributed by atoms with Gasteiger partial charge in [-0.1, -0.05) is 22.0 Å². The Balaban J connectivity index is 2.10. The molecule has 2 rings (SSSR count). The minimum Gasteiger partial charge on any atom is -0.480 e. The van der Waals surface area contributed by atoms with E-state index >= 15 is 0 Å². The van der Waals surface area contributed by atoms with Crippen molar-refractivity contribution in [3.05, 3.63) is 58.1 Å². The molecule has 0 unspecified atom stereocenters. The van der Waals surface area contributed by atoms with Gasteiger partial charge in [0.1, 0.15) is 5.75 Å². The van der Waals surface area contributed by atoms with E-state index in [4.69, 9.17) is 4.74 Å². The van der Waals surface area contributed by atoms with Crippen molar-refractivity contribution < 1.29 is 27.5 Å². The smallest absolute Gasteiger partial charge is 0.416 e. The van der Waals surface area contributed by atoms with Crippen LogP contribution < -0.4 is 10.1 Å². The molecule has 1 amide bonds. The largest absolute Gasteiger partial charge is 0.480 e. The Labute approximate surface area is 150 Å². The van der Waals surface area contributed by atoms with Crippen LogP contribution in [0.1, 0.15) is 22.8 Å². The lowest BCUT2D eigenvalue weighted by Gasteiger charge is -2.16. The highest BCUT2D eigenvalue weighted by Crippen LogP contribution is 2.30. The van der Waals surface area contributed by atoms with Crippen LogP contribution in [0.5, 0.6) is 5.75 Å². The van der Waals surface area contributed by atoms with Crippen LogP contribution in [0.25, 0.3) is 0 Å². The van der Waals surface area contributed by atoms with Crippen molar-refractivity contribution in [3.63, 3.8) is 0 Å². The molecule has 0 bridgehead atoms. The number of nitrogens with one attached hydrogen (secondary N) is 1. The first-order valence-electron chi connectivity index (χ1n) is 7.10. The lowest BCUT2D eigenvalue weighted by molar-refractivity contribution is -0.137. The van der Waals surface area contributed by atoms with Gasteiger partial charge in [-0.25, -0.2) is 0 Å². The minimum absolute atomic E-state index is 0.00157. The average molecular weight is 416 g/mol. The Morgan fingerprint density at radius 2 is 1.96 bits per heavy atom. The summed E-state index contributed by atoms with van der Waals surface area (Å²) in [7, 11) is 0. The lowest BCUT2D eigenvalue weighted by atomic mass is 10.2. The molecule has 0 fully saturated rings. The molecule has 0 aromatic heterocycles. The summed E-state index contributed by atoms with van der Waals surface area (Å²) in [6, 6.07) is 8.97. The van der Waals surface area contributed by atoms with E-state index in [1.165, 1.54) is 31.2 Å². The van der Waals surface area contributed by atoms with Crippen molar-refractivity contribution in [3.8, 4) is 5.75 Å². The van der Waals surface area contributed by atoms with Crippen molar-refractivity contribution in [1.82, 2.24) is 0 Å². The quantitative estimate of drug-likeness (QED) is 0.720. The van der Waals surface area contributed by atoms with Gasteiger partial charge in [-0.2, -0.15) is 13.2 Å². The maximum atomic E-state index is 12.7. The van der Waals surface area contributed by atoms with Crippen LogP contribution in [0.4, 0.5) is 18.9 Å². The highest BCUT2D eigenvalue weighted by atomic mass is 79.9. The molecule has 0 spiro atoms. The van der Waals surface area contributed by atoms with Gasteiger partial charge >= 0.3 is 6.18 Å². The molecular weight excluding hydrogens is 403 g/mol. The van der Waals surface area contributed by atoms with E-state index in [0.717, 1.165) is 12.1 Å². The van der Waals surface area contributed by atoms with E-state index in [-0.39, 0.29) is 17.0 Å². The van der Waals surface area contributed by atoms with E-state index in [0.29, 0.717) is 10.8 Å². The Kier molecular flexibility index (Phi) is 5.84. The van der Waals surface area contributed by atoms with E-state index in [2.05, 4.69) is 21.2 Å². The van der Waals surface area contributed by atoms with E-state index in [9.17, 15) is 22.8 Å². The number of aldehydes is 1. The SMILES string of the molecule is C[C@H](Oc1ccc(Br)cc1C=O)C(=O)Nc1cccc(C(F)(F)F)c1. The topological polar surface area (TPSA) is 55.4 Å². The predicted molar refractivity (Wildman–Crippen MR) is 89.7 cm³/mol. The standard InChI is InChI=1S/C17H13BrF3NO3/c1-10(25-15-6-5-13(18)7-11(15)9-23)16(24)22-14-4-2-3-12(8-14)17(19,20)21/h2-10H,1H3,(H,22,24)/t10-/m0/s1. The van der Waals surface area contributed by atoms with Crippen LogP contribution in [-0.4, -0.2) is 18.3 Å². The number of alkyl halides is 3. The summed E-state index contributed by atoms with van der Waals surface area (Å²) in [5.41, 5.74) is -0.621. The zero-order valence-electron chi connectivity index (χ0n) is 12.9. The summed E-state index contributed by atoms with van der Waals surface area (Å²) < 4.78 is 44.2. The fraction of sp³-hybridized carbons (Fsp3) is 0.176. The summed E-state index contributed by atoms with van der Waals surface area (Å²) in [5.74, 6) is -0.441. The minimum atomic E-state index is -4.50. The molecule has 1 atom stereocenters. The molecule has 0 aliphatic rings. The second-order valence-corrected chi connectivity index (χ2v) is 6.04. The summed E-state index contributed by atoms with van der Waals surface area (Å²) in [4.78, 5) is 23.2. The second kappa shape index (κ2) is 7.69. The first-order chi connectivity index (χ1) is 11.7. The van der Waals surface area contributed by atoms with Crippen molar-refractivity contribution >= 4 is 33.8 Å². The molecule has 4 nitrogen and oxygen atoms in total. The molecule has 2 aromatic rings. The van der Waals surface area contributed by atoms with Gasteiger partial charge in [-0.05, 0) is 43.3 Å². The Morgan fingerprint density at radius 3 is 2.60 bits per heavy atom. The van der Waals surface area contributed by atoms with Gasteiger partial charge in [0.15, 0.2) is 12.4 Å². The number of hydrogen-bond donors (Lipinski definition) is 1. The van der Waals surface area contributed by atoms with Crippen molar-refractivity contribution in [2.24, 2.45) is 0 Å². The number of carbonyl (C=O) groups is 2. The second-order valence-electron chi connectivity index (χ2n) is 5.13. The fourth-order valence-electron chi connectivity index (χ4n) is 1.98. The Bertz CT molecular complexity index is 793. The predicted octanol–water partition coefficient (Wildman–Crippen LogP) is 4.69. The molecule has 0 heterocycles. The van der Waals surface area contributed by atoms with Gasteiger partial charge in [-0.15, -0.1) is 0 Å². The van der Waals surface area contributed by atoms with Crippen LogP contribution in [0.15, 0.2) is 46.9 Å². The molecular formula is C17H13BrF3NO3. The van der Waals surface area contributed by atoms with E-state index in [1.54, 1.807) is 6.07 Å². The zero-order chi connectivity index (χ0) is 18.6. The number of hydrogen-bond acceptors (Lipinski definition) is 3. The van der Waals surface area contributed by atoms with Gasteiger partial charge in [0, 0.05) is 10.2 Å². The van der Waals surface area contributed by atoms with Crippen molar-refractivity contribution in [2.45, 2.75) is 19.2 Å². The van der Waals surface area contributed by atoms with Gasteiger partial charge in [-0.3, -0.25) is 9.59 Å². The molecule has 1 N–H and O–H groups in total. The van der Waals surface area contributed by atoms with E-state index in [1.807, 2.05) is 0 Å². The van der Waals surface area contributed by atoms with Crippen molar-refractivity contribution in [2.75, 3.05) is 5.32 Å². The van der Waals surface area contributed by atoms with Gasteiger partial charge < -0.3 is 10.1 Å². The Morgan fingerprint density at radius 1 is 1.24 bits per heavy atom. The van der Waals surface area contributed by atoms with Gasteiger partial charge in [0.25, 0.3) is 5.91 Å². The summed E-state index contributed by atoms with van der Waals surface area (Å²) in [5, 5.41) is 2.36. The van der Waals surface area contributed by atoms with Crippen LogP contribution in [0.3, 0.4) is 0 Å². The normalized spacial score (nSPS) is 12.4. The van der Waals surface area contributed by atoms with Crippen LogP contribution in [-0.2, 0) is 11.0 Å². The van der Waals surface area contributed by atoms with Gasteiger partial charge in [0.05, 0.1) is 11.1 Å². The highest BCUT2D eigenvalue weighted by molar-refractivity contribution is 9.10. The number of rotatable bonds is 5. The molecule has 0 saturated carbocycles. The summed E-state index contributed by atoms with van der Waals surface area (Å²) >= 11 is 3.21. The number of benzene rings is 2. The lowest BCUT2D eigenvalue weighted by Crippen LogP contribution is -2.30. The maximum Gasteiger partial charge on any atom is 0.416 e. The third-order valence-electron chi connectivity index (χ3n) is 3.23. The number of ether oxygens (including phenoxy) is 1. The first-order valence-corrected chi connectivity index (χ1v) is 7.89. The molecule has 132 valence electrons. The number of halogens is 4. The zero-order valence-corrected chi connectivity index (χ0v) is 14.5. The molecule has 0 saturated heterocycles. The van der Waals surface area contributed by atoms with Crippen LogP contribution >= 0.6 is 15.9 Å². The number of amides is 1. The third-order valence-corrected chi connectivity index (χ3v) is 3.72. The molecule has 0 radical (unpaired) electrons. The summed E-state index contributed by atoms with van der Waals surface area (Å²) in [6.45, 7) is 1.43. The third kappa shape index (κ3) is 5.06. The first kappa shape index (κ1) is 19.0. The number of anilines is 1. The fourth-order valence-corrected chi connectivity index (χ4v) is 2.36. The average Bonchev–Trinajstić information content (AvgIpc) is 2.55. The molecule has 0 aliphatic heterocycles. The molecule has 8 heteroatoms. The van der Waals surface area contributed by atoms with Crippen LogP contribution in [0, 0.1) is 0 Å². The van der Waals surface area contributed by atoms with Crippen molar-refractivity contribution in [1.29, 1.82) is 0 Å².